The highest BCUT2D eigenvalue weighted by Crippen LogP contribution is 2.29. The lowest BCUT2D eigenvalue weighted by molar-refractivity contribution is 0.474. The summed E-state index contributed by atoms with van der Waals surface area (Å²) in [6.07, 6.45) is 0. The summed E-state index contributed by atoms with van der Waals surface area (Å²) in [5, 5.41) is 19.9. The molecule has 0 aliphatic rings. The fourth-order valence-corrected chi connectivity index (χ4v) is 2.26. The predicted octanol–water partition coefficient (Wildman–Crippen LogP) is 3.18. The Morgan fingerprint density at radius 3 is 2.25 bits per heavy atom. The third-order valence-corrected chi connectivity index (χ3v) is 3.29. The summed E-state index contributed by atoms with van der Waals surface area (Å²) in [6.45, 7) is 1.85. The molecule has 0 aliphatic heterocycles. The van der Waals surface area contributed by atoms with E-state index in [1.165, 1.54) is 24.3 Å². The lowest BCUT2D eigenvalue weighted by Gasteiger charge is -2.08. The molecule has 3 aromatic rings. The lowest BCUT2D eigenvalue weighted by atomic mass is 10.0. The van der Waals surface area contributed by atoms with Crippen LogP contribution in [0, 0.1) is 6.92 Å². The Morgan fingerprint density at radius 1 is 0.900 bits per heavy atom. The van der Waals surface area contributed by atoms with E-state index in [-0.39, 0.29) is 11.5 Å². The van der Waals surface area contributed by atoms with Crippen LogP contribution in [0.3, 0.4) is 0 Å². The molecule has 20 heavy (non-hydrogen) atoms. The van der Waals surface area contributed by atoms with E-state index in [1.807, 2.05) is 6.92 Å². The molecular weight excluding hydrogens is 256 g/mol. The van der Waals surface area contributed by atoms with Gasteiger partial charge in [-0.3, -0.25) is 0 Å². The van der Waals surface area contributed by atoms with Crippen LogP contribution in [0.5, 0.6) is 11.5 Å². The van der Waals surface area contributed by atoms with Crippen LogP contribution in [0.1, 0.15) is 5.56 Å². The van der Waals surface area contributed by atoms with Gasteiger partial charge in [0.1, 0.15) is 17.3 Å². The molecule has 0 spiro atoms. The number of benzene rings is 2. The smallest absolute Gasteiger partial charge is 0.344 e. The third kappa shape index (κ3) is 1.91. The SMILES string of the molecule is Cc1c(-c2ccc(O)cc2)oc(=O)c2cc(O)ccc12. The highest BCUT2D eigenvalue weighted by atomic mass is 16.4. The molecule has 0 aliphatic carbocycles. The largest absolute Gasteiger partial charge is 0.508 e. The van der Waals surface area contributed by atoms with Crippen LogP contribution in [-0.4, -0.2) is 10.2 Å². The number of aryl methyl sites for hydroxylation is 1. The quantitative estimate of drug-likeness (QED) is 0.711. The molecule has 3 rings (SSSR count). The average Bonchev–Trinajstić information content (AvgIpc) is 2.44. The molecule has 2 aromatic carbocycles. The zero-order valence-electron chi connectivity index (χ0n) is 10.8. The number of aromatic hydroxyl groups is 2. The molecular formula is C16H12O4. The van der Waals surface area contributed by atoms with Gasteiger partial charge in [0.25, 0.3) is 0 Å². The van der Waals surface area contributed by atoms with Crippen molar-refractivity contribution in [3.63, 3.8) is 0 Å². The van der Waals surface area contributed by atoms with Crippen LogP contribution in [-0.2, 0) is 0 Å². The van der Waals surface area contributed by atoms with Gasteiger partial charge in [0.2, 0.25) is 0 Å². The molecule has 0 radical (unpaired) electrons. The minimum atomic E-state index is -0.496. The Morgan fingerprint density at radius 2 is 1.55 bits per heavy atom. The van der Waals surface area contributed by atoms with Crippen molar-refractivity contribution >= 4 is 10.8 Å². The topological polar surface area (TPSA) is 70.7 Å². The van der Waals surface area contributed by atoms with Crippen molar-refractivity contribution in [2.45, 2.75) is 6.92 Å². The first-order valence-corrected chi connectivity index (χ1v) is 6.12. The molecule has 0 unspecified atom stereocenters. The maximum absolute atomic E-state index is 12.0. The molecule has 0 amide bonds. The standard InChI is InChI=1S/C16H12O4/c1-9-13-7-6-12(18)8-14(13)16(19)20-15(9)10-2-4-11(17)5-3-10/h2-8,17-18H,1H3. The molecule has 4 nitrogen and oxygen atoms in total. The summed E-state index contributed by atoms with van der Waals surface area (Å²) in [6, 6.07) is 11.1. The Balaban J connectivity index is 2.33. The second-order valence-corrected chi connectivity index (χ2v) is 4.62. The van der Waals surface area contributed by atoms with Crippen LogP contribution >= 0.6 is 0 Å². The number of phenolic OH excluding ortho intramolecular Hbond substituents is 2. The van der Waals surface area contributed by atoms with Gasteiger partial charge < -0.3 is 14.6 Å². The zero-order valence-corrected chi connectivity index (χ0v) is 10.8. The van der Waals surface area contributed by atoms with Crippen LogP contribution in [0.15, 0.2) is 51.7 Å². The van der Waals surface area contributed by atoms with Gasteiger partial charge in [-0.25, -0.2) is 4.79 Å². The Bertz CT molecular complexity index is 845. The summed E-state index contributed by atoms with van der Waals surface area (Å²) in [4.78, 5) is 12.0. The number of rotatable bonds is 1. The molecule has 0 saturated carbocycles. The van der Waals surface area contributed by atoms with Gasteiger partial charge in [0, 0.05) is 11.1 Å². The van der Waals surface area contributed by atoms with E-state index in [0.29, 0.717) is 16.7 Å². The molecule has 4 heteroatoms. The maximum Gasteiger partial charge on any atom is 0.344 e. The van der Waals surface area contributed by atoms with E-state index < -0.39 is 5.63 Å². The highest BCUT2D eigenvalue weighted by Gasteiger charge is 2.12. The van der Waals surface area contributed by atoms with Crippen molar-refractivity contribution in [3.8, 4) is 22.8 Å². The average molecular weight is 268 g/mol. The predicted molar refractivity (Wildman–Crippen MR) is 76.0 cm³/mol. The second kappa shape index (κ2) is 4.42. The highest BCUT2D eigenvalue weighted by molar-refractivity contribution is 5.89. The fourth-order valence-electron chi connectivity index (χ4n) is 2.26. The lowest BCUT2D eigenvalue weighted by Crippen LogP contribution is -2.02. The second-order valence-electron chi connectivity index (χ2n) is 4.62. The van der Waals surface area contributed by atoms with Gasteiger partial charge in [0.15, 0.2) is 0 Å². The van der Waals surface area contributed by atoms with Gasteiger partial charge in [0.05, 0.1) is 5.39 Å². The van der Waals surface area contributed by atoms with Gasteiger partial charge in [-0.1, -0.05) is 6.07 Å². The first-order valence-electron chi connectivity index (χ1n) is 6.12. The van der Waals surface area contributed by atoms with Gasteiger partial charge in [-0.05, 0) is 48.7 Å². The van der Waals surface area contributed by atoms with E-state index in [9.17, 15) is 15.0 Å². The van der Waals surface area contributed by atoms with Crippen molar-refractivity contribution in [1.29, 1.82) is 0 Å². The number of phenols is 2. The van der Waals surface area contributed by atoms with Crippen LogP contribution < -0.4 is 5.63 Å². The van der Waals surface area contributed by atoms with E-state index >= 15 is 0 Å². The van der Waals surface area contributed by atoms with Gasteiger partial charge in [-0.15, -0.1) is 0 Å². The summed E-state index contributed by atoms with van der Waals surface area (Å²) < 4.78 is 5.35. The number of hydrogen-bond acceptors (Lipinski definition) is 4. The van der Waals surface area contributed by atoms with E-state index in [1.54, 1.807) is 18.2 Å². The maximum atomic E-state index is 12.0. The summed E-state index contributed by atoms with van der Waals surface area (Å²) in [5.74, 6) is 0.647. The van der Waals surface area contributed by atoms with Gasteiger partial charge >= 0.3 is 5.63 Å². The first kappa shape index (κ1) is 12.3. The first-order chi connectivity index (χ1) is 9.56. The molecule has 100 valence electrons. The normalized spacial score (nSPS) is 10.8. The molecule has 0 fully saturated rings. The third-order valence-electron chi connectivity index (χ3n) is 3.29. The van der Waals surface area contributed by atoms with E-state index in [0.717, 1.165) is 10.9 Å². The molecule has 2 N–H and O–H groups in total. The molecule has 1 aromatic heterocycles. The van der Waals surface area contributed by atoms with Crippen LogP contribution in [0.4, 0.5) is 0 Å². The van der Waals surface area contributed by atoms with E-state index in [4.69, 9.17) is 4.42 Å². The minimum absolute atomic E-state index is 0.0292. The van der Waals surface area contributed by atoms with E-state index in [2.05, 4.69) is 0 Å². The van der Waals surface area contributed by atoms with Gasteiger partial charge in [-0.2, -0.15) is 0 Å². The van der Waals surface area contributed by atoms with Crippen molar-refractivity contribution in [1.82, 2.24) is 0 Å². The fraction of sp³-hybridized carbons (Fsp3) is 0.0625. The van der Waals surface area contributed by atoms with Crippen molar-refractivity contribution in [3.05, 3.63) is 58.4 Å². The Labute approximate surface area is 114 Å². The van der Waals surface area contributed by atoms with Crippen LogP contribution in [0.25, 0.3) is 22.1 Å². The van der Waals surface area contributed by atoms with Crippen LogP contribution in [0.2, 0.25) is 0 Å². The molecule has 1 heterocycles. The number of fused-ring (bicyclic) bond motifs is 1. The number of hydrogen-bond donors (Lipinski definition) is 2. The monoisotopic (exact) mass is 268 g/mol. The zero-order chi connectivity index (χ0) is 14.3. The minimum Gasteiger partial charge on any atom is -0.508 e. The Hall–Kier alpha value is -2.75. The van der Waals surface area contributed by atoms with Crippen molar-refractivity contribution < 1.29 is 14.6 Å². The molecule has 0 bridgehead atoms. The van der Waals surface area contributed by atoms with Crippen molar-refractivity contribution in [2.24, 2.45) is 0 Å². The summed E-state index contributed by atoms with van der Waals surface area (Å²) in [7, 11) is 0. The van der Waals surface area contributed by atoms with Crippen molar-refractivity contribution in [2.75, 3.05) is 0 Å². The molecule has 0 atom stereocenters. The summed E-state index contributed by atoms with van der Waals surface area (Å²) >= 11 is 0. The molecule has 0 saturated heterocycles. The summed E-state index contributed by atoms with van der Waals surface area (Å²) in [5.41, 5.74) is 1.03. The Kier molecular flexibility index (Phi) is 2.71.